The van der Waals surface area contributed by atoms with Crippen molar-refractivity contribution >= 4 is 29.7 Å². The molecule has 0 spiro atoms. The van der Waals surface area contributed by atoms with Crippen molar-refractivity contribution in [2.75, 3.05) is 6.61 Å². The molecular weight excluding hydrogens is 488 g/mol. The smallest absolute Gasteiger partial charge is 0.328 e. The van der Waals surface area contributed by atoms with Crippen LogP contribution in [-0.2, 0) is 36.8 Å². The number of benzene rings is 1. The minimum Gasteiger partial charge on any atom is -0.481 e. The molecule has 2 rings (SSSR count). The van der Waals surface area contributed by atoms with E-state index in [9.17, 15) is 29.1 Å². The number of nitrogens with two attached hydrogens (primary N) is 1. The lowest BCUT2D eigenvalue weighted by atomic mass is 10.0. The van der Waals surface area contributed by atoms with Crippen molar-refractivity contribution < 1.29 is 39.3 Å². The van der Waals surface area contributed by atoms with Gasteiger partial charge in [-0.05, 0) is 12.0 Å². The molecular formula is C23H30N6O8. The van der Waals surface area contributed by atoms with Crippen LogP contribution in [0.4, 0.5) is 0 Å². The van der Waals surface area contributed by atoms with Gasteiger partial charge in [0.15, 0.2) is 0 Å². The molecule has 0 bridgehead atoms. The van der Waals surface area contributed by atoms with Crippen LogP contribution in [0.2, 0.25) is 0 Å². The SMILES string of the molecule is NC(CCC(=O)O)C(=O)NC(Cc1cnc[nH]1)C(=O)NC(Cc1ccccc1)C(=O)NC(CO)C(=O)O. The summed E-state index contributed by atoms with van der Waals surface area (Å²) in [5, 5.41) is 34.4. The van der Waals surface area contributed by atoms with Crippen LogP contribution in [0.15, 0.2) is 42.9 Å². The van der Waals surface area contributed by atoms with Gasteiger partial charge in [0.05, 0.1) is 19.0 Å². The van der Waals surface area contributed by atoms with Gasteiger partial charge in [-0.3, -0.25) is 19.2 Å². The third kappa shape index (κ3) is 9.70. The Labute approximate surface area is 211 Å². The number of carbonyl (C=O) groups excluding carboxylic acids is 3. The second kappa shape index (κ2) is 14.3. The molecule has 0 aliphatic carbocycles. The van der Waals surface area contributed by atoms with Crippen LogP contribution < -0.4 is 21.7 Å². The molecule has 0 aliphatic rings. The van der Waals surface area contributed by atoms with Crippen molar-refractivity contribution in [2.45, 2.75) is 49.9 Å². The number of aliphatic carboxylic acids is 2. The van der Waals surface area contributed by atoms with Gasteiger partial charge < -0.3 is 42.0 Å². The maximum absolute atomic E-state index is 13.2. The number of aromatic nitrogens is 2. The molecule has 4 unspecified atom stereocenters. The van der Waals surface area contributed by atoms with Crippen molar-refractivity contribution in [3.8, 4) is 0 Å². The number of carboxylic acids is 2. The predicted octanol–water partition coefficient (Wildman–Crippen LogP) is -2.08. The van der Waals surface area contributed by atoms with E-state index in [0.717, 1.165) is 0 Å². The van der Waals surface area contributed by atoms with E-state index in [2.05, 4.69) is 25.9 Å². The highest BCUT2D eigenvalue weighted by atomic mass is 16.4. The molecule has 1 heterocycles. The highest BCUT2D eigenvalue weighted by Gasteiger charge is 2.31. The Morgan fingerprint density at radius 1 is 0.892 bits per heavy atom. The predicted molar refractivity (Wildman–Crippen MR) is 128 cm³/mol. The summed E-state index contributed by atoms with van der Waals surface area (Å²) < 4.78 is 0. The summed E-state index contributed by atoms with van der Waals surface area (Å²) in [4.78, 5) is 67.4. The summed E-state index contributed by atoms with van der Waals surface area (Å²) in [6.07, 6.45) is 2.23. The largest absolute Gasteiger partial charge is 0.481 e. The van der Waals surface area contributed by atoms with Crippen molar-refractivity contribution in [1.82, 2.24) is 25.9 Å². The number of H-pyrrole nitrogens is 1. The summed E-state index contributed by atoms with van der Waals surface area (Å²) in [6.45, 7) is -0.861. The first kappa shape index (κ1) is 28.9. The number of nitrogens with zero attached hydrogens (tertiary/aromatic N) is 1. The van der Waals surface area contributed by atoms with Crippen molar-refractivity contribution in [2.24, 2.45) is 5.73 Å². The first-order chi connectivity index (χ1) is 17.6. The van der Waals surface area contributed by atoms with Gasteiger partial charge in [-0.25, -0.2) is 9.78 Å². The fourth-order valence-electron chi connectivity index (χ4n) is 3.30. The highest BCUT2D eigenvalue weighted by Crippen LogP contribution is 2.07. The van der Waals surface area contributed by atoms with Gasteiger partial charge in [0.2, 0.25) is 17.7 Å². The van der Waals surface area contributed by atoms with Crippen LogP contribution >= 0.6 is 0 Å². The van der Waals surface area contributed by atoms with Gasteiger partial charge in [-0.2, -0.15) is 0 Å². The zero-order chi connectivity index (χ0) is 27.4. The number of nitrogens with one attached hydrogen (secondary N) is 4. The average molecular weight is 519 g/mol. The van der Waals surface area contributed by atoms with Crippen LogP contribution in [0.1, 0.15) is 24.1 Å². The van der Waals surface area contributed by atoms with Gasteiger partial charge in [-0.15, -0.1) is 0 Å². The lowest BCUT2D eigenvalue weighted by molar-refractivity contribution is -0.143. The molecule has 200 valence electrons. The molecule has 4 atom stereocenters. The molecule has 3 amide bonds. The van der Waals surface area contributed by atoms with E-state index in [4.69, 9.17) is 15.9 Å². The lowest BCUT2D eigenvalue weighted by Crippen LogP contribution is -2.58. The maximum atomic E-state index is 13.2. The minimum atomic E-state index is -1.59. The molecule has 14 nitrogen and oxygen atoms in total. The Balaban J connectivity index is 2.23. The zero-order valence-electron chi connectivity index (χ0n) is 19.8. The fourth-order valence-corrected chi connectivity index (χ4v) is 3.30. The number of aromatic amines is 1. The van der Waals surface area contributed by atoms with E-state index < -0.39 is 60.4 Å². The van der Waals surface area contributed by atoms with Gasteiger partial charge in [0.1, 0.15) is 18.1 Å². The molecule has 0 saturated heterocycles. The van der Waals surface area contributed by atoms with E-state index in [1.807, 2.05) is 0 Å². The first-order valence-electron chi connectivity index (χ1n) is 11.3. The average Bonchev–Trinajstić information content (AvgIpc) is 3.38. The molecule has 1 aromatic carbocycles. The molecule has 37 heavy (non-hydrogen) atoms. The summed E-state index contributed by atoms with van der Waals surface area (Å²) in [7, 11) is 0. The molecule has 0 aliphatic heterocycles. The lowest BCUT2D eigenvalue weighted by Gasteiger charge is -2.25. The number of aliphatic hydroxyl groups excluding tert-OH is 1. The number of hydrogen-bond donors (Lipinski definition) is 8. The number of aliphatic hydroxyl groups is 1. The Kier molecular flexibility index (Phi) is 11.2. The molecule has 9 N–H and O–H groups in total. The van der Waals surface area contributed by atoms with Crippen LogP contribution in [0.3, 0.4) is 0 Å². The van der Waals surface area contributed by atoms with E-state index >= 15 is 0 Å². The van der Waals surface area contributed by atoms with E-state index in [-0.39, 0.29) is 25.7 Å². The summed E-state index contributed by atoms with van der Waals surface area (Å²) >= 11 is 0. The van der Waals surface area contributed by atoms with Crippen molar-refractivity contribution in [1.29, 1.82) is 0 Å². The molecule has 0 saturated carbocycles. The molecule has 0 fully saturated rings. The van der Waals surface area contributed by atoms with Gasteiger partial charge >= 0.3 is 11.9 Å². The van der Waals surface area contributed by atoms with Gasteiger partial charge in [0.25, 0.3) is 0 Å². The summed E-state index contributed by atoms with van der Waals surface area (Å²) in [5.41, 5.74) is 6.90. The third-order valence-electron chi connectivity index (χ3n) is 5.33. The first-order valence-corrected chi connectivity index (χ1v) is 11.3. The van der Waals surface area contributed by atoms with E-state index in [0.29, 0.717) is 11.3 Å². The van der Waals surface area contributed by atoms with E-state index in [1.165, 1.54) is 12.5 Å². The summed E-state index contributed by atoms with van der Waals surface area (Å²) in [5.74, 6) is -4.99. The van der Waals surface area contributed by atoms with Gasteiger partial charge in [0, 0.05) is 31.2 Å². The minimum absolute atomic E-state index is 0.0149. The Hall–Kier alpha value is -4.30. The quantitative estimate of drug-likeness (QED) is 0.128. The monoisotopic (exact) mass is 518 g/mol. The number of carboxylic acid groups (broad SMARTS) is 2. The van der Waals surface area contributed by atoms with Gasteiger partial charge in [-0.1, -0.05) is 30.3 Å². The molecule has 2 aromatic rings. The standard InChI is InChI=1S/C23H30N6O8/c24-15(6-7-19(31)32)20(33)27-17(9-14-10-25-12-26-14)22(35)28-16(8-13-4-2-1-3-5-13)21(34)29-18(11-30)23(36)37/h1-5,10,12,15-18,30H,6-9,11,24H2,(H,25,26)(H,27,33)(H,28,35)(H,29,34)(H,31,32)(H,36,37). The number of hydrogen-bond acceptors (Lipinski definition) is 8. The van der Waals surface area contributed by atoms with Crippen LogP contribution in [-0.4, -0.2) is 85.7 Å². The maximum Gasteiger partial charge on any atom is 0.328 e. The fraction of sp³-hybridized carbons (Fsp3) is 0.391. The highest BCUT2D eigenvalue weighted by molar-refractivity contribution is 5.94. The second-order valence-corrected chi connectivity index (χ2v) is 8.21. The van der Waals surface area contributed by atoms with Crippen molar-refractivity contribution in [3.63, 3.8) is 0 Å². The Morgan fingerprint density at radius 2 is 1.49 bits per heavy atom. The third-order valence-corrected chi connectivity index (χ3v) is 5.33. The molecule has 1 aromatic heterocycles. The van der Waals surface area contributed by atoms with Crippen molar-refractivity contribution in [3.05, 3.63) is 54.1 Å². The van der Waals surface area contributed by atoms with E-state index in [1.54, 1.807) is 30.3 Å². The summed E-state index contributed by atoms with van der Waals surface area (Å²) in [6, 6.07) is 3.34. The second-order valence-electron chi connectivity index (χ2n) is 8.21. The Bertz CT molecular complexity index is 1060. The number of imidazole rings is 1. The van der Waals surface area contributed by atoms with Crippen LogP contribution in [0.5, 0.6) is 0 Å². The topological polar surface area (TPSA) is 237 Å². The van der Waals surface area contributed by atoms with Crippen LogP contribution in [0, 0.1) is 0 Å². The number of amides is 3. The number of carbonyl (C=O) groups is 5. The zero-order valence-corrected chi connectivity index (χ0v) is 19.8. The Morgan fingerprint density at radius 3 is 2.03 bits per heavy atom. The molecule has 0 radical (unpaired) electrons. The normalized spacial score (nSPS) is 14.0. The van der Waals surface area contributed by atoms with Crippen LogP contribution in [0.25, 0.3) is 0 Å². The number of rotatable bonds is 15. The molecule has 14 heteroatoms.